The molecule has 1 N–H and O–H groups in total. The first-order chi connectivity index (χ1) is 15.4. The zero-order valence-electron chi connectivity index (χ0n) is 18.7. The first-order valence-electron chi connectivity index (χ1n) is 10.9. The highest BCUT2D eigenvalue weighted by atomic mass is 32.2. The van der Waals surface area contributed by atoms with Crippen molar-refractivity contribution in [1.29, 1.82) is 0 Å². The lowest BCUT2D eigenvalue weighted by Gasteiger charge is -2.31. The van der Waals surface area contributed by atoms with E-state index < -0.39 is 10.0 Å². The number of aryl methyl sites for hydroxylation is 1. The number of ether oxygens (including phenoxy) is 2. The molecule has 1 fully saturated rings. The molecule has 0 aromatic heterocycles. The van der Waals surface area contributed by atoms with Crippen LogP contribution in [0.1, 0.15) is 30.4 Å². The van der Waals surface area contributed by atoms with Crippen molar-refractivity contribution >= 4 is 15.9 Å². The minimum Gasteiger partial charge on any atom is -0.493 e. The van der Waals surface area contributed by atoms with Crippen molar-refractivity contribution in [3.8, 4) is 11.5 Å². The average molecular weight is 461 g/mol. The Morgan fingerprint density at radius 1 is 1.06 bits per heavy atom. The van der Waals surface area contributed by atoms with E-state index in [1.807, 2.05) is 42.5 Å². The summed E-state index contributed by atoms with van der Waals surface area (Å²) in [6.45, 7) is 1.07. The Kier molecular flexibility index (Phi) is 8.53. The van der Waals surface area contributed by atoms with Gasteiger partial charge in [0.05, 0.1) is 25.9 Å². The summed E-state index contributed by atoms with van der Waals surface area (Å²) in [7, 11) is -0.241. The molecular formula is C24H32N2O5S. The van der Waals surface area contributed by atoms with E-state index in [0.29, 0.717) is 43.9 Å². The zero-order valence-corrected chi connectivity index (χ0v) is 19.6. The van der Waals surface area contributed by atoms with Crippen molar-refractivity contribution in [2.24, 2.45) is 5.92 Å². The molecule has 2 aromatic rings. The van der Waals surface area contributed by atoms with Gasteiger partial charge in [-0.2, -0.15) is 0 Å². The maximum Gasteiger partial charge on any atom is 0.224 e. The summed E-state index contributed by atoms with van der Waals surface area (Å²) in [5, 5.41) is 2.94. The smallest absolute Gasteiger partial charge is 0.224 e. The van der Waals surface area contributed by atoms with Gasteiger partial charge in [-0.25, -0.2) is 12.7 Å². The van der Waals surface area contributed by atoms with Crippen molar-refractivity contribution in [2.75, 3.05) is 33.1 Å². The number of nitrogens with one attached hydrogen (secondary N) is 1. The molecule has 7 nitrogen and oxygen atoms in total. The summed E-state index contributed by atoms with van der Waals surface area (Å²) in [6, 6.07) is 15.4. The van der Waals surface area contributed by atoms with Crippen LogP contribution in [0.25, 0.3) is 0 Å². The summed E-state index contributed by atoms with van der Waals surface area (Å²) < 4.78 is 37.7. The monoisotopic (exact) mass is 460 g/mol. The Labute approximate surface area is 190 Å². The van der Waals surface area contributed by atoms with Crippen molar-refractivity contribution in [3.05, 3.63) is 59.7 Å². The molecule has 1 unspecified atom stereocenters. The van der Waals surface area contributed by atoms with Crippen LogP contribution in [0.15, 0.2) is 48.5 Å². The number of rotatable bonds is 10. The maximum absolute atomic E-state index is 12.8. The topological polar surface area (TPSA) is 84.9 Å². The highest BCUT2D eigenvalue weighted by molar-refractivity contribution is 7.89. The summed E-state index contributed by atoms with van der Waals surface area (Å²) in [5.41, 5.74) is 2.02. The molecule has 1 aliphatic heterocycles. The van der Waals surface area contributed by atoms with Gasteiger partial charge in [0.25, 0.3) is 0 Å². The molecule has 0 bridgehead atoms. The third-order valence-electron chi connectivity index (χ3n) is 5.77. The molecule has 32 heavy (non-hydrogen) atoms. The van der Waals surface area contributed by atoms with E-state index >= 15 is 0 Å². The maximum atomic E-state index is 12.8. The van der Waals surface area contributed by atoms with E-state index in [4.69, 9.17) is 9.47 Å². The van der Waals surface area contributed by atoms with Gasteiger partial charge in [-0.1, -0.05) is 36.4 Å². The molecule has 1 saturated heterocycles. The largest absolute Gasteiger partial charge is 0.493 e. The van der Waals surface area contributed by atoms with E-state index in [-0.39, 0.29) is 24.1 Å². The van der Waals surface area contributed by atoms with Crippen LogP contribution < -0.4 is 14.8 Å². The van der Waals surface area contributed by atoms with E-state index in [1.165, 1.54) is 4.31 Å². The second kappa shape index (κ2) is 11.3. The number of methoxy groups -OCH3 is 2. The first-order valence-corrected chi connectivity index (χ1v) is 12.5. The summed E-state index contributed by atoms with van der Waals surface area (Å²) in [4.78, 5) is 12.7. The van der Waals surface area contributed by atoms with Gasteiger partial charge in [0, 0.05) is 19.6 Å². The highest BCUT2D eigenvalue weighted by Crippen LogP contribution is 2.27. The Bertz CT molecular complexity index is 995. The molecule has 3 rings (SSSR count). The van der Waals surface area contributed by atoms with Crippen LogP contribution in [0.4, 0.5) is 0 Å². The lowest BCUT2D eigenvalue weighted by molar-refractivity contribution is -0.126. The van der Waals surface area contributed by atoms with Crippen LogP contribution >= 0.6 is 0 Å². The SMILES string of the molecule is COc1ccc(CNC(=O)C2CCCN(S(=O)(=O)CCCc3ccccc3)C2)cc1OC. The fourth-order valence-electron chi connectivity index (χ4n) is 3.97. The van der Waals surface area contributed by atoms with E-state index in [9.17, 15) is 13.2 Å². The number of carbonyl (C=O) groups is 1. The first kappa shape index (κ1) is 24.1. The predicted molar refractivity (Wildman–Crippen MR) is 124 cm³/mol. The zero-order chi connectivity index (χ0) is 23.0. The van der Waals surface area contributed by atoms with Gasteiger partial charge in [-0.3, -0.25) is 4.79 Å². The quantitative estimate of drug-likeness (QED) is 0.589. The molecule has 0 spiro atoms. The minimum atomic E-state index is -3.38. The minimum absolute atomic E-state index is 0.0991. The molecule has 0 saturated carbocycles. The Morgan fingerprint density at radius 2 is 1.81 bits per heavy atom. The number of amides is 1. The number of hydrogen-bond acceptors (Lipinski definition) is 5. The molecule has 174 valence electrons. The van der Waals surface area contributed by atoms with E-state index in [0.717, 1.165) is 17.5 Å². The van der Waals surface area contributed by atoms with Gasteiger partial charge in [0.2, 0.25) is 15.9 Å². The number of sulfonamides is 1. The van der Waals surface area contributed by atoms with Crippen LogP contribution in [0.3, 0.4) is 0 Å². The van der Waals surface area contributed by atoms with Crippen molar-refractivity contribution in [2.45, 2.75) is 32.2 Å². The lowest BCUT2D eigenvalue weighted by Crippen LogP contribution is -2.46. The molecule has 1 aliphatic rings. The van der Waals surface area contributed by atoms with Crippen LogP contribution in [0, 0.1) is 5.92 Å². The van der Waals surface area contributed by atoms with Gasteiger partial charge in [0.1, 0.15) is 0 Å². The molecule has 0 aliphatic carbocycles. The van der Waals surface area contributed by atoms with Crippen LogP contribution in [0.2, 0.25) is 0 Å². The molecular weight excluding hydrogens is 428 g/mol. The number of benzene rings is 2. The van der Waals surface area contributed by atoms with Gasteiger partial charge in [-0.15, -0.1) is 0 Å². The van der Waals surface area contributed by atoms with Gasteiger partial charge >= 0.3 is 0 Å². The molecule has 1 amide bonds. The molecule has 0 radical (unpaired) electrons. The van der Waals surface area contributed by atoms with E-state index in [1.54, 1.807) is 20.3 Å². The summed E-state index contributed by atoms with van der Waals surface area (Å²) in [6.07, 6.45) is 2.67. The van der Waals surface area contributed by atoms with Crippen molar-refractivity contribution < 1.29 is 22.7 Å². The van der Waals surface area contributed by atoms with E-state index in [2.05, 4.69) is 5.32 Å². The Hall–Kier alpha value is -2.58. The van der Waals surface area contributed by atoms with Gasteiger partial charge < -0.3 is 14.8 Å². The lowest BCUT2D eigenvalue weighted by atomic mass is 9.98. The van der Waals surface area contributed by atoms with Gasteiger partial charge in [0.15, 0.2) is 11.5 Å². The second-order valence-corrected chi connectivity index (χ2v) is 10.1. The van der Waals surface area contributed by atoms with Crippen LogP contribution in [-0.2, 0) is 27.8 Å². The Balaban J connectivity index is 1.51. The third kappa shape index (κ3) is 6.46. The molecule has 8 heteroatoms. The Morgan fingerprint density at radius 3 is 2.53 bits per heavy atom. The summed E-state index contributed by atoms with van der Waals surface area (Å²) in [5.74, 6) is 0.867. The number of nitrogens with zero attached hydrogens (tertiary/aromatic N) is 1. The number of hydrogen-bond donors (Lipinski definition) is 1. The third-order valence-corrected chi connectivity index (χ3v) is 7.70. The van der Waals surface area contributed by atoms with Gasteiger partial charge in [-0.05, 0) is 48.9 Å². The fourth-order valence-corrected chi connectivity index (χ4v) is 5.55. The number of carbonyl (C=O) groups excluding carboxylic acids is 1. The standard InChI is InChI=1S/C24H32N2O5S/c1-30-22-13-12-20(16-23(22)31-2)17-25-24(27)21-11-6-14-26(18-21)32(28,29)15-7-10-19-8-4-3-5-9-19/h3-5,8-9,12-13,16,21H,6-7,10-11,14-15,17-18H2,1-2H3,(H,25,27). The highest BCUT2D eigenvalue weighted by Gasteiger charge is 2.32. The normalized spacial score (nSPS) is 17.0. The molecule has 1 heterocycles. The molecule has 1 atom stereocenters. The fraction of sp³-hybridized carbons (Fsp3) is 0.458. The average Bonchev–Trinajstić information content (AvgIpc) is 2.83. The predicted octanol–water partition coefficient (Wildman–Crippen LogP) is 2.99. The summed E-state index contributed by atoms with van der Waals surface area (Å²) >= 11 is 0. The van der Waals surface area contributed by atoms with Crippen LogP contribution in [-0.4, -0.2) is 51.7 Å². The second-order valence-electron chi connectivity index (χ2n) is 8.01. The number of piperidine rings is 1. The van der Waals surface area contributed by atoms with Crippen LogP contribution in [0.5, 0.6) is 11.5 Å². The van der Waals surface area contributed by atoms with Crippen molar-refractivity contribution in [1.82, 2.24) is 9.62 Å². The molecule has 2 aromatic carbocycles. The van der Waals surface area contributed by atoms with Crippen molar-refractivity contribution in [3.63, 3.8) is 0 Å².